The lowest BCUT2D eigenvalue weighted by Crippen LogP contribution is -2.19. The number of aryl methyl sites for hydroxylation is 1. The van der Waals surface area contributed by atoms with E-state index in [0.717, 1.165) is 29.9 Å². The second-order valence-electron chi connectivity index (χ2n) is 6.25. The smallest absolute Gasteiger partial charge is 0.234 e. The quantitative estimate of drug-likeness (QED) is 0.642. The maximum atomic E-state index is 12.1. The van der Waals surface area contributed by atoms with Gasteiger partial charge in [-0.1, -0.05) is 48.7 Å². The maximum absolute atomic E-state index is 12.1. The van der Waals surface area contributed by atoms with Gasteiger partial charge in [-0.15, -0.1) is 10.2 Å². The zero-order chi connectivity index (χ0) is 16.9. The van der Waals surface area contributed by atoms with Crippen molar-refractivity contribution in [1.82, 2.24) is 14.9 Å². The highest BCUT2D eigenvalue weighted by Crippen LogP contribution is 2.32. The Morgan fingerprint density at radius 2 is 1.96 bits per heavy atom. The molecule has 0 aliphatic heterocycles. The van der Waals surface area contributed by atoms with E-state index in [4.69, 9.17) is 5.84 Å². The van der Waals surface area contributed by atoms with Crippen molar-refractivity contribution in [2.45, 2.75) is 50.1 Å². The number of aromatic nitrogens is 3. The van der Waals surface area contributed by atoms with Crippen molar-refractivity contribution >= 4 is 23.4 Å². The van der Waals surface area contributed by atoms with Crippen molar-refractivity contribution in [1.29, 1.82) is 0 Å². The number of nitrogens with two attached hydrogens (primary N) is 1. The normalized spacial score (nSPS) is 15.4. The average Bonchev–Trinajstić information content (AvgIpc) is 2.97. The SMILES string of the molecule is Cc1ccc(NC(=O)CSc2nnc(C3CCCCC3)n2N)cc1. The van der Waals surface area contributed by atoms with Gasteiger partial charge in [-0.2, -0.15) is 0 Å². The molecule has 2 aromatic rings. The van der Waals surface area contributed by atoms with Crippen LogP contribution in [-0.2, 0) is 4.79 Å². The first kappa shape index (κ1) is 16.8. The Hall–Kier alpha value is -2.02. The van der Waals surface area contributed by atoms with Gasteiger partial charge in [-0.3, -0.25) is 4.79 Å². The minimum absolute atomic E-state index is 0.0777. The molecular weight excluding hydrogens is 322 g/mol. The number of nitrogen functional groups attached to an aromatic ring is 1. The van der Waals surface area contributed by atoms with E-state index in [9.17, 15) is 4.79 Å². The van der Waals surface area contributed by atoms with Gasteiger partial charge in [-0.05, 0) is 31.9 Å². The summed E-state index contributed by atoms with van der Waals surface area (Å²) in [6, 6.07) is 7.72. The van der Waals surface area contributed by atoms with Crippen molar-refractivity contribution in [2.24, 2.45) is 0 Å². The second kappa shape index (κ2) is 7.70. The minimum atomic E-state index is -0.0777. The molecule has 0 atom stereocenters. The molecule has 0 unspecified atom stereocenters. The summed E-state index contributed by atoms with van der Waals surface area (Å²) in [5.41, 5.74) is 1.96. The summed E-state index contributed by atoms with van der Waals surface area (Å²) < 4.78 is 1.56. The molecule has 0 radical (unpaired) electrons. The first-order valence-corrected chi connectivity index (χ1v) is 9.32. The number of benzene rings is 1. The molecule has 7 heteroatoms. The van der Waals surface area contributed by atoms with Gasteiger partial charge in [0.25, 0.3) is 0 Å². The number of hydrogen-bond acceptors (Lipinski definition) is 5. The van der Waals surface area contributed by atoms with Gasteiger partial charge < -0.3 is 11.2 Å². The summed E-state index contributed by atoms with van der Waals surface area (Å²) in [5.74, 6) is 7.55. The summed E-state index contributed by atoms with van der Waals surface area (Å²) in [6.07, 6.45) is 5.97. The summed E-state index contributed by atoms with van der Waals surface area (Å²) >= 11 is 1.31. The van der Waals surface area contributed by atoms with Crippen molar-refractivity contribution in [2.75, 3.05) is 16.9 Å². The fourth-order valence-electron chi connectivity index (χ4n) is 2.99. The Labute approximate surface area is 146 Å². The number of rotatable bonds is 5. The van der Waals surface area contributed by atoms with Crippen LogP contribution in [0.4, 0.5) is 5.69 Å². The predicted molar refractivity (Wildman–Crippen MR) is 96.5 cm³/mol. The lowest BCUT2D eigenvalue weighted by atomic mass is 9.89. The third-order valence-corrected chi connectivity index (χ3v) is 5.27. The van der Waals surface area contributed by atoms with E-state index in [1.54, 1.807) is 4.68 Å². The highest BCUT2D eigenvalue weighted by atomic mass is 32.2. The minimum Gasteiger partial charge on any atom is -0.336 e. The van der Waals surface area contributed by atoms with Crippen molar-refractivity contribution in [3.8, 4) is 0 Å². The van der Waals surface area contributed by atoms with Gasteiger partial charge >= 0.3 is 0 Å². The van der Waals surface area contributed by atoms with Crippen molar-refractivity contribution < 1.29 is 4.79 Å². The van der Waals surface area contributed by atoms with E-state index < -0.39 is 0 Å². The van der Waals surface area contributed by atoms with E-state index in [1.807, 2.05) is 31.2 Å². The predicted octanol–water partition coefficient (Wildman–Crippen LogP) is 3.08. The number of carbonyl (C=O) groups is 1. The summed E-state index contributed by atoms with van der Waals surface area (Å²) in [5, 5.41) is 11.9. The number of nitrogens with zero attached hydrogens (tertiary/aromatic N) is 3. The van der Waals surface area contributed by atoms with Gasteiger partial charge in [-0.25, -0.2) is 4.68 Å². The summed E-state index contributed by atoms with van der Waals surface area (Å²) in [7, 11) is 0. The van der Waals surface area contributed by atoms with Crippen molar-refractivity contribution in [3.05, 3.63) is 35.7 Å². The van der Waals surface area contributed by atoms with E-state index in [2.05, 4.69) is 15.5 Å². The van der Waals surface area contributed by atoms with Crippen LogP contribution in [0.1, 0.15) is 49.4 Å². The van der Waals surface area contributed by atoms with Crippen LogP contribution >= 0.6 is 11.8 Å². The molecule has 3 N–H and O–H groups in total. The number of anilines is 1. The zero-order valence-electron chi connectivity index (χ0n) is 13.9. The monoisotopic (exact) mass is 345 g/mol. The van der Waals surface area contributed by atoms with E-state index in [0.29, 0.717) is 11.1 Å². The van der Waals surface area contributed by atoms with Crippen LogP contribution in [0.25, 0.3) is 0 Å². The Kier molecular flexibility index (Phi) is 5.40. The third kappa shape index (κ3) is 4.08. The fourth-order valence-corrected chi connectivity index (χ4v) is 3.65. The molecule has 6 nitrogen and oxygen atoms in total. The van der Waals surface area contributed by atoms with Gasteiger partial charge in [0, 0.05) is 11.6 Å². The molecule has 1 aromatic heterocycles. The maximum Gasteiger partial charge on any atom is 0.234 e. The molecule has 1 saturated carbocycles. The standard InChI is InChI=1S/C17H23N5OS/c1-12-7-9-14(10-8-12)19-15(23)11-24-17-21-20-16(22(17)18)13-5-3-2-4-6-13/h7-10,13H,2-6,11,18H2,1H3,(H,19,23). The van der Waals surface area contributed by atoms with Gasteiger partial charge in [0.15, 0.2) is 5.82 Å². The van der Waals surface area contributed by atoms with Crippen LogP contribution in [0.5, 0.6) is 0 Å². The number of nitrogens with one attached hydrogen (secondary N) is 1. The number of carbonyl (C=O) groups excluding carboxylic acids is 1. The van der Waals surface area contributed by atoms with Crippen LogP contribution in [-0.4, -0.2) is 26.5 Å². The molecule has 1 heterocycles. The van der Waals surface area contributed by atoms with E-state index in [-0.39, 0.29) is 11.7 Å². The van der Waals surface area contributed by atoms with Crippen LogP contribution in [0, 0.1) is 6.92 Å². The van der Waals surface area contributed by atoms with Crippen LogP contribution in [0.15, 0.2) is 29.4 Å². The van der Waals surface area contributed by atoms with E-state index in [1.165, 1.54) is 31.0 Å². The van der Waals surface area contributed by atoms with Crippen molar-refractivity contribution in [3.63, 3.8) is 0 Å². The van der Waals surface area contributed by atoms with Gasteiger partial charge in [0.2, 0.25) is 11.1 Å². The number of amides is 1. The molecule has 24 heavy (non-hydrogen) atoms. The second-order valence-corrected chi connectivity index (χ2v) is 7.19. The Morgan fingerprint density at radius 1 is 1.25 bits per heavy atom. The highest BCUT2D eigenvalue weighted by Gasteiger charge is 2.22. The molecule has 1 aliphatic rings. The third-order valence-electron chi connectivity index (χ3n) is 4.33. The Morgan fingerprint density at radius 3 is 2.67 bits per heavy atom. The average molecular weight is 345 g/mol. The van der Waals surface area contributed by atoms with E-state index >= 15 is 0 Å². The zero-order valence-corrected chi connectivity index (χ0v) is 14.7. The Balaban J connectivity index is 1.55. The number of thioether (sulfide) groups is 1. The molecule has 1 amide bonds. The molecule has 1 aliphatic carbocycles. The van der Waals surface area contributed by atoms with Crippen LogP contribution in [0.3, 0.4) is 0 Å². The Bertz CT molecular complexity index is 692. The van der Waals surface area contributed by atoms with Gasteiger partial charge in [0.1, 0.15) is 0 Å². The topological polar surface area (TPSA) is 85.8 Å². The largest absolute Gasteiger partial charge is 0.336 e. The van der Waals surface area contributed by atoms with Gasteiger partial charge in [0.05, 0.1) is 5.75 Å². The molecule has 3 rings (SSSR count). The summed E-state index contributed by atoms with van der Waals surface area (Å²) in [4.78, 5) is 12.1. The lowest BCUT2D eigenvalue weighted by Gasteiger charge is -2.20. The van der Waals surface area contributed by atoms with Crippen LogP contribution in [0.2, 0.25) is 0 Å². The van der Waals surface area contributed by atoms with Crippen LogP contribution < -0.4 is 11.2 Å². The molecular formula is C17H23N5OS. The first-order valence-electron chi connectivity index (χ1n) is 8.33. The molecule has 0 saturated heterocycles. The highest BCUT2D eigenvalue weighted by molar-refractivity contribution is 7.99. The molecule has 128 valence electrons. The first-order chi connectivity index (χ1) is 11.6. The fraction of sp³-hybridized carbons (Fsp3) is 0.471. The molecule has 1 fully saturated rings. The lowest BCUT2D eigenvalue weighted by molar-refractivity contribution is -0.113. The molecule has 0 bridgehead atoms. The molecule has 1 aromatic carbocycles. The summed E-state index contributed by atoms with van der Waals surface area (Å²) in [6.45, 7) is 2.01. The number of hydrogen-bond donors (Lipinski definition) is 2. The molecule has 0 spiro atoms.